The van der Waals surface area contributed by atoms with Crippen molar-refractivity contribution in [3.63, 3.8) is 0 Å². The lowest BCUT2D eigenvalue weighted by molar-refractivity contribution is -0.143. The Balaban J connectivity index is 2.18. The fourth-order valence-electron chi connectivity index (χ4n) is 2.94. The van der Waals surface area contributed by atoms with Crippen molar-refractivity contribution in [2.45, 2.75) is 77.3 Å². The van der Waals surface area contributed by atoms with Gasteiger partial charge in [-0.25, -0.2) is 0 Å². The topological polar surface area (TPSA) is 78.4 Å². The third-order valence-corrected chi connectivity index (χ3v) is 4.22. The Bertz CT molecular complexity index is 333. The lowest BCUT2D eigenvalue weighted by atomic mass is 9.86. The van der Waals surface area contributed by atoms with E-state index in [1.54, 1.807) is 0 Å². The second kappa shape index (κ2) is 9.77. The standard InChI is InChI=1S/C16H30N2O3/c1-3-4-5-7-12(2)18-15(19)11-17-14-9-6-8-13(10-14)16(20)21/h12-14,17H,3-11H2,1-2H3,(H,18,19)(H,20,21). The lowest BCUT2D eigenvalue weighted by Gasteiger charge is -2.27. The van der Waals surface area contributed by atoms with Crippen LogP contribution in [-0.2, 0) is 9.59 Å². The number of carboxylic acids is 1. The third kappa shape index (κ3) is 7.46. The fourth-order valence-corrected chi connectivity index (χ4v) is 2.94. The van der Waals surface area contributed by atoms with Crippen molar-refractivity contribution in [1.29, 1.82) is 0 Å². The zero-order valence-corrected chi connectivity index (χ0v) is 13.4. The van der Waals surface area contributed by atoms with E-state index in [1.165, 1.54) is 12.8 Å². The van der Waals surface area contributed by atoms with Crippen LogP contribution in [0.25, 0.3) is 0 Å². The number of unbranched alkanes of at least 4 members (excludes halogenated alkanes) is 2. The molecule has 5 nitrogen and oxygen atoms in total. The highest BCUT2D eigenvalue weighted by molar-refractivity contribution is 5.78. The van der Waals surface area contributed by atoms with Gasteiger partial charge in [-0.3, -0.25) is 9.59 Å². The maximum absolute atomic E-state index is 11.9. The Kier molecular flexibility index (Phi) is 8.35. The molecule has 0 aromatic heterocycles. The summed E-state index contributed by atoms with van der Waals surface area (Å²) in [7, 11) is 0. The van der Waals surface area contributed by atoms with Crippen LogP contribution in [-0.4, -0.2) is 35.6 Å². The highest BCUT2D eigenvalue weighted by atomic mass is 16.4. The molecule has 1 fully saturated rings. The van der Waals surface area contributed by atoms with E-state index in [2.05, 4.69) is 17.6 Å². The van der Waals surface area contributed by atoms with Gasteiger partial charge in [0.15, 0.2) is 0 Å². The average Bonchev–Trinajstić information content (AvgIpc) is 2.45. The van der Waals surface area contributed by atoms with Crippen molar-refractivity contribution in [3.8, 4) is 0 Å². The zero-order chi connectivity index (χ0) is 15.7. The molecular formula is C16H30N2O3. The van der Waals surface area contributed by atoms with Crippen LogP contribution in [0.5, 0.6) is 0 Å². The molecule has 0 heterocycles. The van der Waals surface area contributed by atoms with Crippen molar-refractivity contribution in [3.05, 3.63) is 0 Å². The van der Waals surface area contributed by atoms with Crippen LogP contribution in [0.3, 0.4) is 0 Å². The second-order valence-corrected chi connectivity index (χ2v) is 6.24. The molecule has 0 aromatic carbocycles. The lowest BCUT2D eigenvalue weighted by Crippen LogP contribution is -2.44. The van der Waals surface area contributed by atoms with E-state index in [1.807, 2.05) is 6.92 Å². The van der Waals surface area contributed by atoms with E-state index in [9.17, 15) is 9.59 Å². The van der Waals surface area contributed by atoms with Gasteiger partial charge < -0.3 is 15.7 Å². The Hall–Kier alpha value is -1.10. The monoisotopic (exact) mass is 298 g/mol. The molecule has 0 saturated heterocycles. The van der Waals surface area contributed by atoms with Gasteiger partial charge in [-0.05, 0) is 32.6 Å². The summed E-state index contributed by atoms with van der Waals surface area (Å²) in [6.45, 7) is 4.49. The highest BCUT2D eigenvalue weighted by Crippen LogP contribution is 2.24. The molecule has 0 bridgehead atoms. The van der Waals surface area contributed by atoms with E-state index in [0.717, 1.165) is 32.1 Å². The summed E-state index contributed by atoms with van der Waals surface area (Å²) in [5.74, 6) is -0.959. The van der Waals surface area contributed by atoms with Gasteiger partial charge in [0.05, 0.1) is 12.5 Å². The number of nitrogens with one attached hydrogen (secondary N) is 2. The van der Waals surface area contributed by atoms with Gasteiger partial charge in [0, 0.05) is 12.1 Å². The first-order valence-electron chi connectivity index (χ1n) is 8.28. The summed E-state index contributed by atoms with van der Waals surface area (Å²) in [6.07, 6.45) is 7.83. The largest absolute Gasteiger partial charge is 0.481 e. The van der Waals surface area contributed by atoms with Gasteiger partial charge in [0.1, 0.15) is 0 Å². The van der Waals surface area contributed by atoms with Crippen molar-refractivity contribution >= 4 is 11.9 Å². The smallest absolute Gasteiger partial charge is 0.306 e. The first-order valence-corrected chi connectivity index (χ1v) is 8.28. The predicted octanol–water partition coefficient (Wildman–Crippen LogP) is 2.30. The van der Waals surface area contributed by atoms with E-state index in [-0.39, 0.29) is 30.5 Å². The van der Waals surface area contributed by atoms with Gasteiger partial charge in [0.25, 0.3) is 0 Å². The van der Waals surface area contributed by atoms with E-state index >= 15 is 0 Å². The van der Waals surface area contributed by atoms with Crippen LogP contribution in [0.1, 0.15) is 65.2 Å². The van der Waals surface area contributed by atoms with E-state index < -0.39 is 5.97 Å². The first-order chi connectivity index (χ1) is 10.0. The van der Waals surface area contributed by atoms with Crippen LogP contribution >= 0.6 is 0 Å². The molecule has 1 amide bonds. The van der Waals surface area contributed by atoms with Crippen LogP contribution in [0.4, 0.5) is 0 Å². The third-order valence-electron chi connectivity index (χ3n) is 4.22. The molecule has 1 aliphatic rings. The maximum atomic E-state index is 11.9. The molecule has 0 spiro atoms. The van der Waals surface area contributed by atoms with E-state index in [0.29, 0.717) is 6.42 Å². The zero-order valence-electron chi connectivity index (χ0n) is 13.4. The second-order valence-electron chi connectivity index (χ2n) is 6.24. The summed E-state index contributed by atoms with van der Waals surface area (Å²) in [4.78, 5) is 22.9. The Labute approximate surface area is 127 Å². The Morgan fingerprint density at radius 1 is 1.29 bits per heavy atom. The molecule has 0 aliphatic heterocycles. The molecule has 3 atom stereocenters. The Morgan fingerprint density at radius 2 is 2.05 bits per heavy atom. The van der Waals surface area contributed by atoms with Gasteiger partial charge in [-0.15, -0.1) is 0 Å². The first kappa shape index (κ1) is 18.0. The number of aliphatic carboxylic acids is 1. The van der Waals surface area contributed by atoms with Gasteiger partial charge >= 0.3 is 5.97 Å². The summed E-state index contributed by atoms with van der Waals surface area (Å²) in [5.41, 5.74) is 0. The van der Waals surface area contributed by atoms with Crippen molar-refractivity contribution in [2.75, 3.05) is 6.54 Å². The number of hydrogen-bond acceptors (Lipinski definition) is 3. The number of carboxylic acid groups (broad SMARTS) is 1. The number of hydrogen-bond donors (Lipinski definition) is 3. The van der Waals surface area contributed by atoms with Gasteiger partial charge in [-0.1, -0.05) is 32.6 Å². The predicted molar refractivity (Wildman–Crippen MR) is 83.1 cm³/mol. The molecule has 3 unspecified atom stereocenters. The Morgan fingerprint density at radius 3 is 2.71 bits per heavy atom. The fraction of sp³-hybridized carbons (Fsp3) is 0.875. The van der Waals surface area contributed by atoms with Crippen molar-refractivity contribution < 1.29 is 14.7 Å². The molecule has 3 N–H and O–H groups in total. The van der Waals surface area contributed by atoms with Crippen LogP contribution in [0.15, 0.2) is 0 Å². The summed E-state index contributed by atoms with van der Waals surface area (Å²) < 4.78 is 0. The summed E-state index contributed by atoms with van der Waals surface area (Å²) in [6, 6.07) is 0.366. The molecule has 21 heavy (non-hydrogen) atoms. The normalized spacial score (nSPS) is 23.5. The number of carbonyl (C=O) groups excluding carboxylic acids is 1. The number of amides is 1. The summed E-state index contributed by atoms with van der Waals surface area (Å²) >= 11 is 0. The molecule has 1 saturated carbocycles. The SMILES string of the molecule is CCCCCC(C)NC(=O)CNC1CCCC(C(=O)O)C1. The average molecular weight is 298 g/mol. The molecule has 122 valence electrons. The molecule has 5 heteroatoms. The quantitative estimate of drug-likeness (QED) is 0.571. The van der Waals surface area contributed by atoms with E-state index in [4.69, 9.17) is 5.11 Å². The van der Waals surface area contributed by atoms with Crippen LogP contribution in [0, 0.1) is 5.92 Å². The molecule has 0 radical (unpaired) electrons. The molecular weight excluding hydrogens is 268 g/mol. The van der Waals surface area contributed by atoms with Crippen LogP contribution < -0.4 is 10.6 Å². The minimum atomic E-state index is -0.713. The molecule has 1 aliphatic carbocycles. The maximum Gasteiger partial charge on any atom is 0.306 e. The molecule has 0 aromatic rings. The van der Waals surface area contributed by atoms with Crippen molar-refractivity contribution in [1.82, 2.24) is 10.6 Å². The highest BCUT2D eigenvalue weighted by Gasteiger charge is 2.26. The number of carbonyl (C=O) groups is 2. The molecule has 1 rings (SSSR count). The minimum absolute atomic E-state index is 0.0106. The van der Waals surface area contributed by atoms with Crippen LogP contribution in [0.2, 0.25) is 0 Å². The minimum Gasteiger partial charge on any atom is -0.481 e. The van der Waals surface area contributed by atoms with Crippen molar-refractivity contribution in [2.24, 2.45) is 5.92 Å². The number of rotatable bonds is 9. The van der Waals surface area contributed by atoms with Gasteiger partial charge in [0.2, 0.25) is 5.91 Å². The summed E-state index contributed by atoms with van der Waals surface area (Å²) in [5, 5.41) is 15.2. The van der Waals surface area contributed by atoms with Gasteiger partial charge in [-0.2, -0.15) is 0 Å².